The largest absolute Gasteiger partial charge is 0.468 e. The van der Waals surface area contributed by atoms with Crippen molar-refractivity contribution in [2.75, 3.05) is 0 Å². The molecule has 1 aromatic rings. The van der Waals surface area contributed by atoms with E-state index in [1.807, 2.05) is 6.07 Å². The third-order valence-corrected chi connectivity index (χ3v) is 3.89. The Bertz CT molecular complexity index is 307. The summed E-state index contributed by atoms with van der Waals surface area (Å²) in [4.78, 5) is 0. The topological polar surface area (TPSA) is 25.2 Å². The van der Waals surface area contributed by atoms with Gasteiger partial charge in [0.2, 0.25) is 0 Å². The minimum absolute atomic E-state index is 0.327. The van der Waals surface area contributed by atoms with Crippen molar-refractivity contribution in [3.63, 3.8) is 0 Å². The van der Waals surface area contributed by atoms with Crippen molar-refractivity contribution in [1.82, 2.24) is 5.32 Å². The summed E-state index contributed by atoms with van der Waals surface area (Å²) in [5, 5.41) is 3.71. The van der Waals surface area contributed by atoms with Crippen LogP contribution in [0.3, 0.4) is 0 Å². The fourth-order valence-electron chi connectivity index (χ4n) is 2.71. The second-order valence-electron chi connectivity index (χ2n) is 5.41. The monoisotopic (exact) mass is 221 g/mol. The molecule has 0 amide bonds. The summed E-state index contributed by atoms with van der Waals surface area (Å²) in [6.07, 6.45) is 5.78. The van der Waals surface area contributed by atoms with Crippen LogP contribution in [-0.2, 0) is 0 Å². The van der Waals surface area contributed by atoms with E-state index < -0.39 is 0 Å². The van der Waals surface area contributed by atoms with Crippen molar-refractivity contribution < 1.29 is 4.42 Å². The second-order valence-corrected chi connectivity index (χ2v) is 5.41. The van der Waals surface area contributed by atoms with Gasteiger partial charge in [-0.3, -0.25) is 0 Å². The molecule has 1 saturated carbocycles. The molecular weight excluding hydrogens is 198 g/mol. The van der Waals surface area contributed by atoms with E-state index >= 15 is 0 Å². The SMILES string of the molecule is CC1CCC(C)C(N[C@@H](C)c2ccco2)C1. The molecule has 0 bridgehead atoms. The van der Waals surface area contributed by atoms with E-state index in [-0.39, 0.29) is 0 Å². The first-order valence-corrected chi connectivity index (χ1v) is 6.46. The van der Waals surface area contributed by atoms with E-state index in [4.69, 9.17) is 4.42 Å². The molecule has 0 radical (unpaired) electrons. The Morgan fingerprint density at radius 2 is 2.19 bits per heavy atom. The molecule has 1 aliphatic rings. The molecule has 0 aromatic carbocycles. The molecule has 16 heavy (non-hydrogen) atoms. The Morgan fingerprint density at radius 1 is 1.38 bits per heavy atom. The van der Waals surface area contributed by atoms with Crippen LogP contribution in [0.1, 0.15) is 51.8 Å². The summed E-state index contributed by atoms with van der Waals surface area (Å²) in [6.45, 7) is 6.90. The Labute approximate surface area is 98.4 Å². The number of hydrogen-bond acceptors (Lipinski definition) is 2. The van der Waals surface area contributed by atoms with Gasteiger partial charge in [-0.1, -0.05) is 20.3 Å². The summed E-state index contributed by atoms with van der Waals surface area (Å²) in [5.41, 5.74) is 0. The van der Waals surface area contributed by atoms with E-state index in [0.29, 0.717) is 12.1 Å². The van der Waals surface area contributed by atoms with Crippen molar-refractivity contribution >= 4 is 0 Å². The van der Waals surface area contributed by atoms with Crippen LogP contribution in [0.2, 0.25) is 0 Å². The van der Waals surface area contributed by atoms with Gasteiger partial charge in [-0.2, -0.15) is 0 Å². The minimum atomic E-state index is 0.327. The Balaban J connectivity index is 1.93. The number of furan rings is 1. The molecule has 1 N–H and O–H groups in total. The zero-order valence-corrected chi connectivity index (χ0v) is 10.6. The van der Waals surface area contributed by atoms with Crippen molar-refractivity contribution in [2.24, 2.45) is 11.8 Å². The highest BCUT2D eigenvalue weighted by Crippen LogP contribution is 2.30. The van der Waals surface area contributed by atoms with Crippen LogP contribution >= 0.6 is 0 Å². The molecule has 3 unspecified atom stereocenters. The highest BCUT2D eigenvalue weighted by atomic mass is 16.3. The summed E-state index contributed by atoms with van der Waals surface area (Å²) in [6, 6.07) is 4.98. The van der Waals surface area contributed by atoms with Crippen molar-refractivity contribution in [3.05, 3.63) is 24.2 Å². The fourth-order valence-corrected chi connectivity index (χ4v) is 2.71. The fraction of sp³-hybridized carbons (Fsp3) is 0.714. The molecule has 90 valence electrons. The van der Waals surface area contributed by atoms with E-state index in [2.05, 4.69) is 32.2 Å². The molecule has 2 nitrogen and oxygen atoms in total. The molecule has 0 aliphatic heterocycles. The normalized spacial score (nSPS) is 32.6. The van der Waals surface area contributed by atoms with Gasteiger partial charge in [0.15, 0.2) is 0 Å². The van der Waals surface area contributed by atoms with Crippen molar-refractivity contribution in [1.29, 1.82) is 0 Å². The van der Waals surface area contributed by atoms with Crippen LogP contribution in [-0.4, -0.2) is 6.04 Å². The smallest absolute Gasteiger partial charge is 0.120 e. The van der Waals surface area contributed by atoms with Crippen LogP contribution in [0.4, 0.5) is 0 Å². The molecule has 1 heterocycles. The average Bonchev–Trinajstić information content (AvgIpc) is 2.76. The Hall–Kier alpha value is -0.760. The maximum Gasteiger partial charge on any atom is 0.120 e. The maximum absolute atomic E-state index is 5.44. The van der Waals surface area contributed by atoms with E-state index in [9.17, 15) is 0 Å². The molecule has 2 rings (SSSR count). The van der Waals surface area contributed by atoms with Gasteiger partial charge in [0.1, 0.15) is 5.76 Å². The van der Waals surface area contributed by atoms with Crippen molar-refractivity contribution in [2.45, 2.75) is 52.1 Å². The van der Waals surface area contributed by atoms with Crippen molar-refractivity contribution in [3.8, 4) is 0 Å². The van der Waals surface area contributed by atoms with Gasteiger partial charge in [0.05, 0.1) is 12.3 Å². The highest BCUT2D eigenvalue weighted by molar-refractivity contribution is 5.03. The summed E-state index contributed by atoms with van der Waals surface area (Å²) in [7, 11) is 0. The first-order valence-electron chi connectivity index (χ1n) is 6.46. The minimum Gasteiger partial charge on any atom is -0.468 e. The molecule has 1 fully saturated rings. The van der Waals surface area contributed by atoms with Crippen LogP contribution in [0.25, 0.3) is 0 Å². The molecule has 0 saturated heterocycles. The van der Waals surface area contributed by atoms with Crippen LogP contribution in [0.5, 0.6) is 0 Å². The number of hydrogen-bond donors (Lipinski definition) is 1. The molecule has 0 spiro atoms. The van der Waals surface area contributed by atoms with E-state index in [1.165, 1.54) is 19.3 Å². The predicted molar refractivity (Wildman–Crippen MR) is 66.2 cm³/mol. The van der Waals surface area contributed by atoms with Gasteiger partial charge in [-0.25, -0.2) is 0 Å². The molecule has 1 aliphatic carbocycles. The zero-order valence-electron chi connectivity index (χ0n) is 10.6. The first-order chi connectivity index (χ1) is 7.66. The van der Waals surface area contributed by atoms with Gasteiger partial charge in [-0.05, 0) is 43.7 Å². The zero-order chi connectivity index (χ0) is 11.5. The number of rotatable bonds is 3. The third-order valence-electron chi connectivity index (χ3n) is 3.89. The van der Waals surface area contributed by atoms with Gasteiger partial charge in [-0.15, -0.1) is 0 Å². The van der Waals surface area contributed by atoms with Gasteiger partial charge in [0, 0.05) is 6.04 Å². The summed E-state index contributed by atoms with van der Waals surface area (Å²) >= 11 is 0. The van der Waals surface area contributed by atoms with Gasteiger partial charge in [0.25, 0.3) is 0 Å². The van der Waals surface area contributed by atoms with Gasteiger partial charge < -0.3 is 9.73 Å². The maximum atomic E-state index is 5.44. The lowest BCUT2D eigenvalue weighted by molar-refractivity contribution is 0.210. The lowest BCUT2D eigenvalue weighted by atomic mass is 9.80. The van der Waals surface area contributed by atoms with E-state index in [1.54, 1.807) is 6.26 Å². The molecule has 4 atom stereocenters. The van der Waals surface area contributed by atoms with Gasteiger partial charge >= 0.3 is 0 Å². The summed E-state index contributed by atoms with van der Waals surface area (Å²) in [5.74, 6) is 2.69. The van der Waals surface area contributed by atoms with Crippen LogP contribution in [0.15, 0.2) is 22.8 Å². The summed E-state index contributed by atoms with van der Waals surface area (Å²) < 4.78 is 5.44. The predicted octanol–water partition coefficient (Wildman–Crippen LogP) is 3.75. The third kappa shape index (κ3) is 2.67. The average molecular weight is 221 g/mol. The lowest BCUT2D eigenvalue weighted by Gasteiger charge is -2.35. The van der Waals surface area contributed by atoms with Crippen LogP contribution in [0, 0.1) is 11.8 Å². The number of nitrogens with one attached hydrogen (secondary N) is 1. The Kier molecular flexibility index (Phi) is 3.70. The quantitative estimate of drug-likeness (QED) is 0.840. The van der Waals surface area contributed by atoms with Crippen LogP contribution < -0.4 is 5.32 Å². The molecule has 1 aromatic heterocycles. The lowest BCUT2D eigenvalue weighted by Crippen LogP contribution is -2.40. The standard InChI is InChI=1S/C14H23NO/c1-10-6-7-11(2)13(9-10)15-12(3)14-5-4-8-16-14/h4-5,8,10-13,15H,6-7,9H2,1-3H3/t10?,11?,12-,13?/m0/s1. The highest BCUT2D eigenvalue weighted by Gasteiger charge is 2.26. The first kappa shape index (κ1) is 11.7. The molecular formula is C14H23NO. The molecule has 2 heteroatoms. The van der Waals surface area contributed by atoms with E-state index in [0.717, 1.165) is 17.6 Å². The second kappa shape index (κ2) is 5.05. The Morgan fingerprint density at radius 3 is 2.88 bits per heavy atom.